The van der Waals surface area contributed by atoms with Crippen LogP contribution in [0.25, 0.3) is 5.69 Å². The van der Waals surface area contributed by atoms with Gasteiger partial charge in [0.05, 0.1) is 5.69 Å². The molecule has 0 unspecified atom stereocenters. The lowest BCUT2D eigenvalue weighted by Gasteiger charge is -2.26. The molecule has 5 nitrogen and oxygen atoms in total. The highest BCUT2D eigenvalue weighted by molar-refractivity contribution is 5.89. The molecule has 0 fully saturated rings. The van der Waals surface area contributed by atoms with Crippen LogP contribution in [0.3, 0.4) is 0 Å². The van der Waals surface area contributed by atoms with E-state index >= 15 is 0 Å². The smallest absolute Gasteiger partial charge is 0.249 e. The number of para-hydroxylation sites is 1. The molecule has 1 atom stereocenters. The van der Waals surface area contributed by atoms with E-state index in [1.165, 1.54) is 0 Å². The predicted molar refractivity (Wildman–Crippen MR) is 83.2 cm³/mol. The fourth-order valence-electron chi connectivity index (χ4n) is 1.79. The number of hydrogen-bond donors (Lipinski definition) is 1. The summed E-state index contributed by atoms with van der Waals surface area (Å²) in [6.07, 6.45) is 2.06. The van der Waals surface area contributed by atoms with E-state index in [4.69, 9.17) is 0 Å². The molecule has 0 saturated heterocycles. The van der Waals surface area contributed by atoms with Crippen LogP contribution in [-0.4, -0.2) is 20.7 Å². The Balaban J connectivity index is 1.98. The van der Waals surface area contributed by atoms with Crippen molar-refractivity contribution in [2.45, 2.75) is 34.1 Å². The van der Waals surface area contributed by atoms with Gasteiger partial charge in [0.25, 0.3) is 0 Å². The molecule has 0 aliphatic heterocycles. The summed E-state index contributed by atoms with van der Waals surface area (Å²) in [6.45, 7) is 8.48. The van der Waals surface area contributed by atoms with Gasteiger partial charge in [-0.1, -0.05) is 45.9 Å². The van der Waals surface area contributed by atoms with Crippen molar-refractivity contribution in [2.24, 2.45) is 11.3 Å². The molecule has 0 aliphatic carbocycles. The summed E-state index contributed by atoms with van der Waals surface area (Å²) in [5.41, 5.74) is 1.02. The van der Waals surface area contributed by atoms with Gasteiger partial charge in [-0.3, -0.25) is 10.1 Å². The van der Waals surface area contributed by atoms with Crippen LogP contribution in [0, 0.1) is 11.3 Å². The summed E-state index contributed by atoms with van der Waals surface area (Å²) in [7, 11) is 0. The number of amides is 1. The van der Waals surface area contributed by atoms with Crippen LogP contribution in [-0.2, 0) is 4.79 Å². The van der Waals surface area contributed by atoms with E-state index in [9.17, 15) is 4.79 Å². The monoisotopic (exact) mass is 286 g/mol. The van der Waals surface area contributed by atoms with Crippen LogP contribution in [0.15, 0.2) is 36.7 Å². The first kappa shape index (κ1) is 15.2. The topological polar surface area (TPSA) is 59.8 Å². The Bertz CT molecular complexity index is 598. The molecule has 2 rings (SSSR count). The maximum atomic E-state index is 12.0. The first-order valence-electron chi connectivity index (χ1n) is 7.13. The van der Waals surface area contributed by atoms with E-state index in [2.05, 4.69) is 43.1 Å². The molecule has 0 aliphatic rings. The van der Waals surface area contributed by atoms with Crippen molar-refractivity contribution in [3.8, 4) is 5.69 Å². The van der Waals surface area contributed by atoms with Crippen molar-refractivity contribution in [1.82, 2.24) is 14.8 Å². The molecule has 0 bridgehead atoms. The Morgan fingerprint density at radius 3 is 2.57 bits per heavy atom. The van der Waals surface area contributed by atoms with Gasteiger partial charge in [-0.2, -0.15) is 4.98 Å². The number of rotatable bonds is 4. The number of benzene rings is 1. The molecule has 21 heavy (non-hydrogen) atoms. The van der Waals surface area contributed by atoms with Gasteiger partial charge in [0.15, 0.2) is 0 Å². The van der Waals surface area contributed by atoms with E-state index in [0.29, 0.717) is 12.4 Å². The number of nitrogens with one attached hydrogen (secondary N) is 1. The van der Waals surface area contributed by atoms with Crippen LogP contribution < -0.4 is 5.32 Å². The quantitative estimate of drug-likeness (QED) is 0.938. The predicted octanol–water partition coefficient (Wildman–Crippen LogP) is 3.28. The second kappa shape index (κ2) is 6.08. The van der Waals surface area contributed by atoms with Crippen molar-refractivity contribution in [3.63, 3.8) is 0 Å². The van der Waals surface area contributed by atoms with Gasteiger partial charge in [-0.25, -0.2) is 4.68 Å². The van der Waals surface area contributed by atoms with E-state index in [0.717, 1.165) is 5.69 Å². The number of anilines is 1. The fraction of sp³-hybridized carbons (Fsp3) is 0.438. The lowest BCUT2D eigenvalue weighted by Crippen LogP contribution is -2.24. The summed E-state index contributed by atoms with van der Waals surface area (Å²) in [4.78, 5) is 16.1. The maximum absolute atomic E-state index is 12.0. The van der Waals surface area contributed by atoms with E-state index in [1.807, 2.05) is 30.3 Å². The van der Waals surface area contributed by atoms with Crippen molar-refractivity contribution < 1.29 is 4.79 Å². The zero-order valence-electron chi connectivity index (χ0n) is 13.0. The van der Waals surface area contributed by atoms with Crippen LogP contribution in [0.5, 0.6) is 0 Å². The number of hydrogen-bond acceptors (Lipinski definition) is 3. The van der Waals surface area contributed by atoms with Crippen molar-refractivity contribution in [2.75, 3.05) is 5.32 Å². The lowest BCUT2D eigenvalue weighted by atomic mass is 9.80. The minimum Gasteiger partial charge on any atom is -0.293 e. The van der Waals surface area contributed by atoms with E-state index < -0.39 is 0 Å². The second-order valence-corrected chi connectivity index (χ2v) is 6.37. The normalized spacial score (nSPS) is 13.0. The Kier molecular flexibility index (Phi) is 4.40. The van der Waals surface area contributed by atoms with Crippen LogP contribution in [0.1, 0.15) is 34.1 Å². The molecule has 112 valence electrons. The van der Waals surface area contributed by atoms with Crippen LogP contribution in [0.4, 0.5) is 5.95 Å². The third kappa shape index (κ3) is 4.15. The summed E-state index contributed by atoms with van der Waals surface area (Å²) in [5.74, 6) is 0.571. The summed E-state index contributed by atoms with van der Waals surface area (Å²) in [5, 5.41) is 7.02. The van der Waals surface area contributed by atoms with Gasteiger partial charge in [0.1, 0.15) is 6.33 Å². The number of carbonyl (C=O) groups excluding carboxylic acids is 1. The SMILES string of the molecule is C[C@@H](CC(=O)Nc1ncn(-c2ccccc2)n1)C(C)(C)C. The highest BCUT2D eigenvalue weighted by atomic mass is 16.1. The average Bonchev–Trinajstić information content (AvgIpc) is 2.87. The molecule has 5 heteroatoms. The molecular formula is C16H22N4O. The van der Waals surface area contributed by atoms with Crippen molar-refractivity contribution >= 4 is 11.9 Å². The molecule has 0 saturated carbocycles. The third-order valence-electron chi connectivity index (χ3n) is 3.73. The first-order chi connectivity index (χ1) is 9.86. The number of aromatic nitrogens is 3. The molecule has 1 aromatic heterocycles. The van der Waals surface area contributed by atoms with Crippen LogP contribution in [0.2, 0.25) is 0 Å². The molecule has 1 amide bonds. The zero-order valence-corrected chi connectivity index (χ0v) is 13.0. The Morgan fingerprint density at radius 1 is 1.29 bits per heavy atom. The second-order valence-electron chi connectivity index (χ2n) is 6.37. The van der Waals surface area contributed by atoms with E-state index in [-0.39, 0.29) is 17.2 Å². The minimum atomic E-state index is -0.0526. The molecular weight excluding hydrogens is 264 g/mol. The lowest BCUT2D eigenvalue weighted by molar-refractivity contribution is -0.117. The average molecular weight is 286 g/mol. The molecule has 0 radical (unpaired) electrons. The summed E-state index contributed by atoms with van der Waals surface area (Å²) in [6, 6.07) is 9.67. The molecule has 0 spiro atoms. The standard InChI is InChI=1S/C16H22N4O/c1-12(16(2,3)4)10-14(21)18-15-17-11-20(19-15)13-8-6-5-7-9-13/h5-9,11-12H,10H2,1-4H3,(H,18,19,21)/t12-/m0/s1. The van der Waals surface area contributed by atoms with Crippen molar-refractivity contribution in [1.29, 1.82) is 0 Å². The fourth-order valence-corrected chi connectivity index (χ4v) is 1.79. The van der Waals surface area contributed by atoms with Crippen molar-refractivity contribution in [3.05, 3.63) is 36.7 Å². The zero-order chi connectivity index (χ0) is 15.5. The highest BCUT2D eigenvalue weighted by Gasteiger charge is 2.23. The van der Waals surface area contributed by atoms with Gasteiger partial charge in [0.2, 0.25) is 11.9 Å². The Morgan fingerprint density at radius 2 is 1.95 bits per heavy atom. The van der Waals surface area contributed by atoms with Gasteiger partial charge in [0, 0.05) is 6.42 Å². The first-order valence-corrected chi connectivity index (χ1v) is 7.13. The van der Waals surface area contributed by atoms with E-state index in [1.54, 1.807) is 11.0 Å². The van der Waals surface area contributed by atoms with Gasteiger partial charge < -0.3 is 0 Å². The summed E-state index contributed by atoms with van der Waals surface area (Å²) < 4.78 is 1.64. The molecule has 1 N–H and O–H groups in total. The maximum Gasteiger partial charge on any atom is 0.249 e. The highest BCUT2D eigenvalue weighted by Crippen LogP contribution is 2.28. The molecule has 2 aromatic rings. The third-order valence-corrected chi connectivity index (χ3v) is 3.73. The van der Waals surface area contributed by atoms with Gasteiger partial charge in [-0.15, -0.1) is 5.10 Å². The Labute approximate surface area is 125 Å². The minimum absolute atomic E-state index is 0.0526. The largest absolute Gasteiger partial charge is 0.293 e. The Hall–Kier alpha value is -2.17. The van der Waals surface area contributed by atoms with Crippen LogP contribution >= 0.6 is 0 Å². The van der Waals surface area contributed by atoms with Gasteiger partial charge in [-0.05, 0) is 23.5 Å². The van der Waals surface area contributed by atoms with Gasteiger partial charge >= 0.3 is 0 Å². The molecule has 1 aromatic carbocycles. The molecule has 1 heterocycles. The summed E-state index contributed by atoms with van der Waals surface area (Å²) >= 11 is 0. The number of carbonyl (C=O) groups is 1. The number of nitrogens with zero attached hydrogens (tertiary/aromatic N) is 3.